The average Bonchev–Trinajstić information content (AvgIpc) is 3.43. The van der Waals surface area contributed by atoms with Gasteiger partial charge in [0.15, 0.2) is 5.11 Å². The molecule has 0 radical (unpaired) electrons. The Hall–Kier alpha value is -3.82. The molecule has 0 aliphatic carbocycles. The molecule has 3 aromatic rings. The van der Waals surface area contributed by atoms with Gasteiger partial charge in [-0.05, 0) is 42.9 Å². The molecule has 8 nitrogen and oxygen atoms in total. The largest absolute Gasteiger partial charge is 0.493 e. The summed E-state index contributed by atoms with van der Waals surface area (Å²) in [4.78, 5) is 19.6. The van der Waals surface area contributed by atoms with Crippen LogP contribution in [0.15, 0.2) is 35.3 Å². The summed E-state index contributed by atoms with van der Waals surface area (Å²) in [6, 6.07) is 8.62. The molecule has 2 aliphatic rings. The van der Waals surface area contributed by atoms with E-state index in [9.17, 15) is 15.2 Å². The van der Waals surface area contributed by atoms with Gasteiger partial charge in [0.2, 0.25) is 5.88 Å². The molecule has 2 N–H and O–H groups in total. The zero-order valence-electron chi connectivity index (χ0n) is 15.7. The molecular weight excluding hydrogens is 400 g/mol. The van der Waals surface area contributed by atoms with Crippen LogP contribution < -0.4 is 11.0 Å². The van der Waals surface area contributed by atoms with Crippen LogP contribution in [0.2, 0.25) is 0 Å². The summed E-state index contributed by atoms with van der Waals surface area (Å²) in [7, 11) is 0. The first kappa shape index (κ1) is 18.2. The highest BCUT2D eigenvalue weighted by molar-refractivity contribution is 7.80. The van der Waals surface area contributed by atoms with Crippen LogP contribution in [0.5, 0.6) is 5.88 Å². The lowest BCUT2D eigenvalue weighted by Gasteiger charge is -2.29. The third-order valence-corrected chi connectivity index (χ3v) is 6.15. The fraction of sp³-hybridized carbons (Fsp3) is 0.238. The minimum Gasteiger partial charge on any atom is -0.493 e. The van der Waals surface area contributed by atoms with Crippen molar-refractivity contribution in [3.8, 4) is 30.0 Å². The fourth-order valence-electron chi connectivity index (χ4n) is 4.56. The minimum absolute atomic E-state index is 0.0852. The quantitative estimate of drug-likeness (QED) is 0.483. The molecule has 148 valence electrons. The van der Waals surface area contributed by atoms with Crippen LogP contribution in [0.4, 0.5) is 0 Å². The van der Waals surface area contributed by atoms with Gasteiger partial charge in [0.05, 0.1) is 35.4 Å². The van der Waals surface area contributed by atoms with Crippen molar-refractivity contribution in [2.45, 2.75) is 18.5 Å². The van der Waals surface area contributed by atoms with Gasteiger partial charge in [0.25, 0.3) is 0 Å². The SMILES string of the molecule is C#CCNC(=S)N1CC2CC1c1c(O)n(-c3ccc(C#N)c4ncccc34)c(=O)n12. The van der Waals surface area contributed by atoms with Gasteiger partial charge in [-0.1, -0.05) is 5.92 Å². The number of nitrogens with zero attached hydrogens (tertiary/aromatic N) is 5. The molecule has 9 heteroatoms. The molecule has 1 saturated heterocycles. The lowest BCUT2D eigenvalue weighted by molar-refractivity contribution is 0.334. The van der Waals surface area contributed by atoms with Crippen molar-refractivity contribution in [3.05, 3.63) is 52.2 Å². The molecule has 2 atom stereocenters. The monoisotopic (exact) mass is 416 g/mol. The molecular formula is C21H16N6O2S. The van der Waals surface area contributed by atoms with Gasteiger partial charge >= 0.3 is 5.69 Å². The number of aromatic nitrogens is 3. The molecule has 0 saturated carbocycles. The zero-order chi connectivity index (χ0) is 21.0. The summed E-state index contributed by atoms with van der Waals surface area (Å²) in [5.74, 6) is 2.38. The molecule has 2 aromatic heterocycles. The number of terminal acetylenes is 1. The highest BCUT2D eigenvalue weighted by atomic mass is 32.1. The van der Waals surface area contributed by atoms with Crippen molar-refractivity contribution >= 4 is 28.2 Å². The Kier molecular flexibility index (Phi) is 4.02. The maximum Gasteiger partial charge on any atom is 0.336 e. The Labute approximate surface area is 177 Å². The fourth-order valence-corrected chi connectivity index (χ4v) is 4.83. The summed E-state index contributed by atoms with van der Waals surface area (Å²) >= 11 is 5.44. The Balaban J connectivity index is 1.66. The first-order chi connectivity index (χ1) is 14.6. The summed E-state index contributed by atoms with van der Waals surface area (Å²) in [5.41, 5.74) is 1.61. The average molecular weight is 416 g/mol. The van der Waals surface area contributed by atoms with Crippen molar-refractivity contribution in [1.82, 2.24) is 24.3 Å². The normalized spacial score (nSPS) is 18.8. The predicted octanol–water partition coefficient (Wildman–Crippen LogP) is 1.57. The number of aromatic hydroxyl groups is 1. The topological polar surface area (TPSA) is 99.1 Å². The summed E-state index contributed by atoms with van der Waals surface area (Å²) in [6.07, 6.45) is 7.60. The molecule has 2 bridgehead atoms. The van der Waals surface area contributed by atoms with Crippen molar-refractivity contribution in [2.24, 2.45) is 0 Å². The molecule has 2 aliphatic heterocycles. The smallest absolute Gasteiger partial charge is 0.336 e. The van der Waals surface area contributed by atoms with Gasteiger partial charge in [0.1, 0.15) is 11.8 Å². The second-order valence-electron chi connectivity index (χ2n) is 7.26. The Bertz CT molecular complexity index is 1360. The third-order valence-electron chi connectivity index (χ3n) is 5.77. The Morgan fingerprint density at radius 1 is 1.43 bits per heavy atom. The first-order valence-electron chi connectivity index (χ1n) is 9.39. The second-order valence-corrected chi connectivity index (χ2v) is 7.65. The highest BCUT2D eigenvalue weighted by Gasteiger charge is 2.48. The van der Waals surface area contributed by atoms with Crippen molar-refractivity contribution in [1.29, 1.82) is 5.26 Å². The van der Waals surface area contributed by atoms with Crippen LogP contribution in [0, 0.1) is 23.7 Å². The third kappa shape index (κ3) is 2.36. The number of nitrogens with one attached hydrogen (secondary N) is 1. The number of fused-ring (bicyclic) bond motifs is 6. The summed E-state index contributed by atoms with van der Waals surface area (Å²) in [6.45, 7) is 0.893. The van der Waals surface area contributed by atoms with E-state index < -0.39 is 0 Å². The number of rotatable bonds is 2. The standard InChI is InChI=1S/C21H16N6O2S/c1-2-7-24-20(30)25-11-13-9-16(25)18-19(28)27(21(29)26(13)18)15-6-5-12(10-22)17-14(15)4-3-8-23-17/h1,3-6,8,13,16,28H,7,9,11H2,(H,24,30). The van der Waals surface area contributed by atoms with Crippen LogP contribution in [-0.2, 0) is 0 Å². The van der Waals surface area contributed by atoms with Crippen molar-refractivity contribution in [2.75, 3.05) is 13.1 Å². The molecule has 1 fully saturated rings. The van der Waals surface area contributed by atoms with Gasteiger partial charge in [-0.3, -0.25) is 9.55 Å². The van der Waals surface area contributed by atoms with Crippen LogP contribution >= 0.6 is 12.2 Å². The number of pyridine rings is 1. The van der Waals surface area contributed by atoms with Gasteiger partial charge in [-0.2, -0.15) is 5.26 Å². The molecule has 30 heavy (non-hydrogen) atoms. The number of imidazole rings is 1. The summed E-state index contributed by atoms with van der Waals surface area (Å²) in [5, 5.41) is 24.6. The minimum atomic E-state index is -0.313. The maximum atomic E-state index is 13.3. The van der Waals surface area contributed by atoms with E-state index in [1.807, 2.05) is 4.90 Å². The van der Waals surface area contributed by atoms with Crippen molar-refractivity contribution < 1.29 is 5.11 Å². The molecule has 0 amide bonds. The van der Waals surface area contributed by atoms with E-state index in [-0.39, 0.29) is 23.7 Å². The lowest BCUT2D eigenvalue weighted by atomic mass is 10.1. The molecule has 0 spiro atoms. The Morgan fingerprint density at radius 2 is 2.27 bits per heavy atom. The van der Waals surface area contributed by atoms with Crippen molar-refractivity contribution in [3.63, 3.8) is 0 Å². The number of hydrogen-bond acceptors (Lipinski definition) is 5. The lowest BCUT2D eigenvalue weighted by Crippen LogP contribution is -2.43. The molecule has 1 aromatic carbocycles. The van der Waals surface area contributed by atoms with Gasteiger partial charge < -0.3 is 15.3 Å². The number of nitriles is 1. The van der Waals surface area contributed by atoms with E-state index in [2.05, 4.69) is 22.3 Å². The van der Waals surface area contributed by atoms with Gasteiger partial charge in [-0.25, -0.2) is 9.36 Å². The molecule has 2 unspecified atom stereocenters. The highest BCUT2D eigenvalue weighted by Crippen LogP contribution is 2.48. The number of benzene rings is 1. The van der Waals surface area contributed by atoms with E-state index in [1.165, 1.54) is 4.57 Å². The second kappa shape index (κ2) is 6.61. The van der Waals surface area contributed by atoms with Gasteiger partial charge in [0, 0.05) is 18.1 Å². The number of hydrogen-bond donors (Lipinski definition) is 2. The first-order valence-corrected chi connectivity index (χ1v) is 9.80. The van der Waals surface area contributed by atoms with Crippen LogP contribution in [-0.4, -0.2) is 42.3 Å². The molecule has 4 heterocycles. The van der Waals surface area contributed by atoms with Crippen LogP contribution in [0.3, 0.4) is 0 Å². The predicted molar refractivity (Wildman–Crippen MR) is 114 cm³/mol. The van der Waals surface area contributed by atoms with Gasteiger partial charge in [-0.15, -0.1) is 6.42 Å². The number of likely N-dealkylation sites (tertiary alicyclic amines) is 1. The Morgan fingerprint density at radius 3 is 3.03 bits per heavy atom. The maximum absolute atomic E-state index is 13.3. The van der Waals surface area contributed by atoms with E-state index in [0.29, 0.717) is 52.5 Å². The van der Waals surface area contributed by atoms with E-state index >= 15 is 0 Å². The molecule has 5 rings (SSSR count). The van der Waals surface area contributed by atoms with E-state index in [0.717, 1.165) is 0 Å². The number of thiocarbonyl (C=S) groups is 1. The zero-order valence-corrected chi connectivity index (χ0v) is 16.6. The van der Waals surface area contributed by atoms with E-state index in [1.54, 1.807) is 35.0 Å². The van der Waals surface area contributed by atoms with Crippen LogP contribution in [0.1, 0.15) is 29.8 Å². The van der Waals surface area contributed by atoms with Crippen LogP contribution in [0.25, 0.3) is 16.6 Å². The summed E-state index contributed by atoms with van der Waals surface area (Å²) < 4.78 is 2.95. The van der Waals surface area contributed by atoms with E-state index in [4.69, 9.17) is 18.6 Å².